The quantitative estimate of drug-likeness (QED) is 0.320. The number of piperidine rings is 2. The predicted octanol–water partition coefficient (Wildman–Crippen LogP) is 2.03. The summed E-state index contributed by atoms with van der Waals surface area (Å²) >= 11 is 0. The molecule has 0 aliphatic carbocycles. The van der Waals surface area contributed by atoms with Crippen LogP contribution in [0.4, 0.5) is 17.1 Å². The zero-order chi connectivity index (χ0) is 28.7. The molecule has 3 saturated heterocycles. The normalized spacial score (nSPS) is 22.2. The van der Waals surface area contributed by atoms with Crippen LogP contribution in [0.1, 0.15) is 46.4 Å². The molecule has 12 heteroatoms. The molecular formula is C29H32N6O6. The molecule has 0 bridgehead atoms. The Hall–Kier alpha value is -4.32. The molecule has 1 atom stereocenters. The molecule has 1 N–H and O–H groups in total. The van der Waals surface area contributed by atoms with Gasteiger partial charge in [-0.25, -0.2) is 0 Å². The minimum atomic E-state index is -0.973. The summed E-state index contributed by atoms with van der Waals surface area (Å²) < 4.78 is 0. The fourth-order valence-corrected chi connectivity index (χ4v) is 6.46. The third-order valence-electron chi connectivity index (χ3n) is 8.72. The summed E-state index contributed by atoms with van der Waals surface area (Å²) in [5.74, 6) is -1.43. The average Bonchev–Trinajstić information content (AvgIpc) is 3.23. The zero-order valence-electron chi connectivity index (χ0n) is 22.7. The molecule has 6 rings (SSSR count). The van der Waals surface area contributed by atoms with Crippen molar-refractivity contribution in [2.24, 2.45) is 5.92 Å². The number of rotatable bonds is 6. The Morgan fingerprint density at radius 3 is 2.20 bits per heavy atom. The van der Waals surface area contributed by atoms with Crippen LogP contribution in [0.15, 0.2) is 42.5 Å². The number of imide groups is 2. The third kappa shape index (κ3) is 5.15. The molecular weight excluding hydrogens is 528 g/mol. The van der Waals surface area contributed by atoms with Crippen molar-refractivity contribution in [3.8, 4) is 0 Å². The molecule has 2 aromatic carbocycles. The number of nitrogens with one attached hydrogen (secondary N) is 1. The molecule has 214 valence electrons. The van der Waals surface area contributed by atoms with Crippen LogP contribution in [0.5, 0.6) is 0 Å². The van der Waals surface area contributed by atoms with Crippen LogP contribution in [0.2, 0.25) is 0 Å². The number of nitro benzene ring substituents is 1. The van der Waals surface area contributed by atoms with Crippen LogP contribution in [0.25, 0.3) is 0 Å². The Kier molecular flexibility index (Phi) is 7.16. The Balaban J connectivity index is 1.04. The highest BCUT2D eigenvalue weighted by Crippen LogP contribution is 2.36. The van der Waals surface area contributed by atoms with Crippen molar-refractivity contribution >= 4 is 40.7 Å². The lowest BCUT2D eigenvalue weighted by Gasteiger charge is -2.40. The van der Waals surface area contributed by atoms with Gasteiger partial charge in [0.2, 0.25) is 11.8 Å². The van der Waals surface area contributed by atoms with Crippen molar-refractivity contribution in [1.29, 1.82) is 0 Å². The van der Waals surface area contributed by atoms with Crippen LogP contribution in [0, 0.1) is 16.0 Å². The fourth-order valence-electron chi connectivity index (χ4n) is 6.46. The minimum Gasteiger partial charge on any atom is -0.371 e. The van der Waals surface area contributed by atoms with Crippen molar-refractivity contribution < 1.29 is 24.1 Å². The maximum atomic E-state index is 13.5. The molecule has 2 aromatic rings. The van der Waals surface area contributed by atoms with Crippen molar-refractivity contribution in [3.05, 3.63) is 63.7 Å². The number of anilines is 2. The summed E-state index contributed by atoms with van der Waals surface area (Å²) in [5.41, 5.74) is 2.49. The largest absolute Gasteiger partial charge is 0.371 e. The van der Waals surface area contributed by atoms with Crippen LogP contribution in [-0.4, -0.2) is 90.2 Å². The lowest BCUT2D eigenvalue weighted by molar-refractivity contribution is -0.384. The van der Waals surface area contributed by atoms with E-state index in [0.29, 0.717) is 17.0 Å². The van der Waals surface area contributed by atoms with Gasteiger partial charge in [0.25, 0.3) is 17.5 Å². The highest BCUT2D eigenvalue weighted by molar-refractivity contribution is 6.25. The van der Waals surface area contributed by atoms with Gasteiger partial charge in [-0.2, -0.15) is 0 Å². The van der Waals surface area contributed by atoms with Crippen molar-refractivity contribution in [1.82, 2.24) is 15.1 Å². The van der Waals surface area contributed by atoms with Crippen molar-refractivity contribution in [2.45, 2.75) is 31.7 Å². The molecule has 1 unspecified atom stereocenters. The van der Waals surface area contributed by atoms with E-state index in [-0.39, 0.29) is 23.5 Å². The monoisotopic (exact) mass is 560 g/mol. The number of hydrogen-bond acceptors (Lipinski definition) is 9. The van der Waals surface area contributed by atoms with E-state index in [0.717, 1.165) is 74.9 Å². The van der Waals surface area contributed by atoms with Crippen molar-refractivity contribution in [2.75, 3.05) is 55.6 Å². The Bertz CT molecular complexity index is 1400. The van der Waals surface area contributed by atoms with Gasteiger partial charge in [0, 0.05) is 70.1 Å². The maximum absolute atomic E-state index is 13.5. The second-order valence-electron chi connectivity index (χ2n) is 11.1. The molecule has 0 saturated carbocycles. The van der Waals surface area contributed by atoms with Gasteiger partial charge in [-0.05, 0) is 49.4 Å². The van der Waals surface area contributed by atoms with Gasteiger partial charge in [0.05, 0.1) is 21.7 Å². The Labute approximate surface area is 237 Å². The van der Waals surface area contributed by atoms with Gasteiger partial charge in [0.15, 0.2) is 0 Å². The molecule has 0 aromatic heterocycles. The van der Waals surface area contributed by atoms with Gasteiger partial charge in [-0.15, -0.1) is 0 Å². The van der Waals surface area contributed by atoms with E-state index in [1.165, 1.54) is 0 Å². The second kappa shape index (κ2) is 10.9. The summed E-state index contributed by atoms with van der Waals surface area (Å²) in [5, 5.41) is 13.2. The van der Waals surface area contributed by atoms with E-state index in [2.05, 4.69) is 20.0 Å². The standard InChI is InChI=1S/C29H32N6O6/c36-25-9-8-24(27(37)30-25)34-28(38)22-2-1-3-23(26(22)29(34)39)33-12-10-19(11-13-33)18-31-14-16-32(17-15-31)20-4-6-21(7-5-20)35(40)41/h1-7,19,24H,8-18H2,(H,30,36,37). The minimum absolute atomic E-state index is 0.0935. The summed E-state index contributed by atoms with van der Waals surface area (Å²) in [6, 6.07) is 11.0. The van der Waals surface area contributed by atoms with E-state index in [1.54, 1.807) is 24.3 Å². The topological polar surface area (TPSA) is 136 Å². The lowest BCUT2D eigenvalue weighted by atomic mass is 9.94. The SMILES string of the molecule is O=C1CCC(N2C(=O)c3cccc(N4CCC(CN5CCN(c6ccc([N+](=O)[O-])cc6)CC5)CC4)c3C2=O)C(=O)N1. The van der Waals surface area contributed by atoms with Gasteiger partial charge in [-0.3, -0.25) is 44.4 Å². The molecule has 0 spiro atoms. The van der Waals surface area contributed by atoms with Gasteiger partial charge >= 0.3 is 0 Å². The molecule has 12 nitrogen and oxygen atoms in total. The molecule has 3 fully saturated rings. The molecule has 4 aliphatic heterocycles. The maximum Gasteiger partial charge on any atom is 0.269 e. The number of carbonyl (C=O) groups is 4. The van der Waals surface area contributed by atoms with E-state index in [1.807, 2.05) is 18.2 Å². The van der Waals surface area contributed by atoms with Crippen LogP contribution in [-0.2, 0) is 9.59 Å². The molecule has 0 radical (unpaired) electrons. The number of hydrogen-bond donors (Lipinski definition) is 1. The molecule has 4 aliphatic rings. The van der Waals surface area contributed by atoms with Crippen LogP contribution < -0.4 is 15.1 Å². The summed E-state index contributed by atoms with van der Waals surface area (Å²) in [6.45, 7) is 6.12. The van der Waals surface area contributed by atoms with Crippen LogP contribution >= 0.6 is 0 Å². The second-order valence-corrected chi connectivity index (χ2v) is 11.1. The summed E-state index contributed by atoms with van der Waals surface area (Å²) in [6.07, 6.45) is 2.16. The number of piperazine rings is 1. The first-order chi connectivity index (χ1) is 19.8. The fraction of sp³-hybridized carbons (Fsp3) is 0.448. The van der Waals surface area contributed by atoms with Crippen molar-refractivity contribution in [3.63, 3.8) is 0 Å². The van der Waals surface area contributed by atoms with Gasteiger partial charge in [-0.1, -0.05) is 6.07 Å². The molecule has 41 heavy (non-hydrogen) atoms. The zero-order valence-corrected chi connectivity index (χ0v) is 22.7. The smallest absolute Gasteiger partial charge is 0.269 e. The molecule has 4 heterocycles. The Morgan fingerprint density at radius 1 is 0.829 bits per heavy atom. The first-order valence-corrected chi connectivity index (χ1v) is 14.1. The van der Waals surface area contributed by atoms with E-state index >= 15 is 0 Å². The Morgan fingerprint density at radius 2 is 1.54 bits per heavy atom. The predicted molar refractivity (Wildman–Crippen MR) is 150 cm³/mol. The number of nitrogens with zero attached hydrogens (tertiary/aromatic N) is 5. The highest BCUT2D eigenvalue weighted by atomic mass is 16.6. The van der Waals surface area contributed by atoms with Crippen LogP contribution in [0.3, 0.4) is 0 Å². The van der Waals surface area contributed by atoms with E-state index < -0.39 is 29.7 Å². The highest BCUT2D eigenvalue weighted by Gasteiger charge is 2.46. The number of nitro groups is 1. The number of benzene rings is 2. The van der Waals surface area contributed by atoms with Gasteiger partial charge in [0.1, 0.15) is 6.04 Å². The number of carbonyl (C=O) groups excluding carboxylic acids is 4. The summed E-state index contributed by atoms with van der Waals surface area (Å²) in [7, 11) is 0. The van der Waals surface area contributed by atoms with E-state index in [4.69, 9.17) is 0 Å². The number of non-ortho nitro benzene ring substituents is 1. The first kappa shape index (κ1) is 26.9. The average molecular weight is 561 g/mol. The summed E-state index contributed by atoms with van der Waals surface area (Å²) in [4.78, 5) is 69.1. The van der Waals surface area contributed by atoms with Gasteiger partial charge < -0.3 is 9.80 Å². The lowest BCUT2D eigenvalue weighted by Crippen LogP contribution is -2.54. The first-order valence-electron chi connectivity index (χ1n) is 14.1. The molecule has 4 amide bonds. The third-order valence-corrected chi connectivity index (χ3v) is 8.72. The van der Waals surface area contributed by atoms with E-state index in [9.17, 15) is 29.3 Å². The number of fused-ring (bicyclic) bond motifs is 1. The number of amides is 4.